The zero-order chi connectivity index (χ0) is 17.1. The summed E-state index contributed by atoms with van der Waals surface area (Å²) in [6.45, 7) is 1.99. The molecule has 1 fully saturated rings. The normalized spacial score (nSPS) is 26.7. The number of allylic oxidation sites excluding steroid dienone is 2. The first kappa shape index (κ1) is 14.5. The van der Waals surface area contributed by atoms with Crippen molar-refractivity contribution in [3.8, 4) is 5.75 Å². The molecule has 4 nitrogen and oxygen atoms in total. The molecule has 1 aliphatic carbocycles. The third kappa shape index (κ3) is 1.94. The number of benzene rings is 2. The number of rotatable bonds is 1. The highest BCUT2D eigenvalue weighted by molar-refractivity contribution is 6.22. The summed E-state index contributed by atoms with van der Waals surface area (Å²) >= 11 is 0. The average molecular weight is 331 g/mol. The summed E-state index contributed by atoms with van der Waals surface area (Å²) in [5, 5.41) is 0. The van der Waals surface area contributed by atoms with Crippen LogP contribution in [-0.4, -0.2) is 11.8 Å². The highest BCUT2D eigenvalue weighted by atomic mass is 16.5. The van der Waals surface area contributed by atoms with Crippen LogP contribution in [0.4, 0.5) is 5.69 Å². The fourth-order valence-corrected chi connectivity index (χ4v) is 4.28. The molecule has 0 bridgehead atoms. The van der Waals surface area contributed by atoms with E-state index in [-0.39, 0.29) is 29.6 Å². The Balaban J connectivity index is 1.59. The summed E-state index contributed by atoms with van der Waals surface area (Å²) in [6, 6.07) is 15.3. The fourth-order valence-electron chi connectivity index (χ4n) is 4.28. The van der Waals surface area contributed by atoms with Crippen LogP contribution in [0.2, 0.25) is 0 Å². The molecule has 0 radical (unpaired) electrons. The molecule has 124 valence electrons. The Morgan fingerprint density at radius 2 is 1.76 bits per heavy atom. The van der Waals surface area contributed by atoms with E-state index in [9.17, 15) is 9.59 Å². The van der Waals surface area contributed by atoms with Crippen LogP contribution < -0.4 is 9.64 Å². The van der Waals surface area contributed by atoms with Crippen LogP contribution in [0.3, 0.4) is 0 Å². The minimum atomic E-state index is -0.377. The van der Waals surface area contributed by atoms with Gasteiger partial charge in [-0.05, 0) is 37.6 Å². The molecule has 1 saturated heterocycles. The van der Waals surface area contributed by atoms with Gasteiger partial charge in [-0.1, -0.05) is 35.9 Å². The predicted molar refractivity (Wildman–Crippen MR) is 93.2 cm³/mol. The van der Waals surface area contributed by atoms with Gasteiger partial charge in [-0.25, -0.2) is 0 Å². The summed E-state index contributed by atoms with van der Waals surface area (Å²) in [7, 11) is 0. The average Bonchev–Trinajstić information content (AvgIpc) is 3.12. The van der Waals surface area contributed by atoms with Gasteiger partial charge < -0.3 is 4.74 Å². The minimum absolute atomic E-state index is 0.0986. The number of amides is 2. The third-order valence-corrected chi connectivity index (χ3v) is 5.49. The van der Waals surface area contributed by atoms with E-state index < -0.39 is 0 Å². The van der Waals surface area contributed by atoms with Crippen LogP contribution >= 0.6 is 0 Å². The van der Waals surface area contributed by atoms with Crippen LogP contribution in [0, 0.1) is 18.8 Å². The summed E-state index contributed by atoms with van der Waals surface area (Å²) in [5.41, 5.74) is 2.77. The number of anilines is 1. The number of hydrogen-bond acceptors (Lipinski definition) is 3. The maximum atomic E-state index is 13.2. The monoisotopic (exact) mass is 331 g/mol. The molecule has 2 amide bonds. The van der Waals surface area contributed by atoms with Gasteiger partial charge in [0.05, 0.1) is 23.4 Å². The first-order valence-corrected chi connectivity index (χ1v) is 8.56. The molecule has 0 saturated carbocycles. The van der Waals surface area contributed by atoms with Crippen LogP contribution in [0.5, 0.6) is 5.75 Å². The molecule has 2 heterocycles. The number of imide groups is 1. The number of ether oxygens (including phenoxy) is 1. The van der Waals surface area contributed by atoms with Crippen molar-refractivity contribution in [1.82, 2.24) is 0 Å². The molecular formula is C21H17NO3. The van der Waals surface area contributed by atoms with E-state index in [0.29, 0.717) is 12.1 Å². The van der Waals surface area contributed by atoms with Gasteiger partial charge in [0.15, 0.2) is 0 Å². The lowest BCUT2D eigenvalue weighted by Gasteiger charge is -2.25. The van der Waals surface area contributed by atoms with E-state index in [4.69, 9.17) is 4.74 Å². The van der Waals surface area contributed by atoms with Gasteiger partial charge in [-0.15, -0.1) is 0 Å². The van der Waals surface area contributed by atoms with Crippen molar-refractivity contribution in [2.75, 3.05) is 4.90 Å². The zero-order valence-corrected chi connectivity index (χ0v) is 13.8. The molecule has 0 spiro atoms. The molecule has 2 aliphatic heterocycles. The molecule has 25 heavy (non-hydrogen) atoms. The van der Waals surface area contributed by atoms with Crippen LogP contribution in [0.15, 0.2) is 60.4 Å². The molecule has 4 heteroatoms. The van der Waals surface area contributed by atoms with Crippen LogP contribution in [0.25, 0.3) is 0 Å². The predicted octanol–water partition coefficient (Wildman–Crippen LogP) is 3.56. The molecule has 2 aromatic rings. The lowest BCUT2D eigenvalue weighted by atomic mass is 9.74. The second kappa shape index (κ2) is 5.06. The summed E-state index contributed by atoms with van der Waals surface area (Å²) in [6.07, 6.45) is 2.53. The summed E-state index contributed by atoms with van der Waals surface area (Å²) in [5.74, 6) is 0.563. The van der Waals surface area contributed by atoms with Crippen molar-refractivity contribution >= 4 is 17.5 Å². The highest BCUT2D eigenvalue weighted by Gasteiger charge is 2.56. The lowest BCUT2D eigenvalue weighted by Crippen LogP contribution is -2.31. The molecule has 0 aromatic heterocycles. The first-order valence-electron chi connectivity index (χ1n) is 8.56. The Kier molecular flexibility index (Phi) is 2.93. The molecule has 3 atom stereocenters. The smallest absolute Gasteiger partial charge is 0.238 e. The van der Waals surface area contributed by atoms with Crippen molar-refractivity contribution in [1.29, 1.82) is 0 Å². The number of aryl methyl sites for hydroxylation is 1. The third-order valence-electron chi connectivity index (χ3n) is 5.49. The summed E-state index contributed by atoms with van der Waals surface area (Å²) < 4.78 is 5.94. The Morgan fingerprint density at radius 3 is 2.56 bits per heavy atom. The molecular weight excluding hydrogens is 314 g/mol. The zero-order valence-electron chi connectivity index (χ0n) is 13.8. The summed E-state index contributed by atoms with van der Waals surface area (Å²) in [4.78, 5) is 27.5. The number of nitrogens with zero attached hydrogens (tertiary/aromatic N) is 1. The van der Waals surface area contributed by atoms with Gasteiger partial charge in [-0.3, -0.25) is 14.5 Å². The van der Waals surface area contributed by atoms with E-state index in [1.165, 1.54) is 4.90 Å². The van der Waals surface area contributed by atoms with Gasteiger partial charge in [0.2, 0.25) is 11.8 Å². The molecule has 3 aliphatic rings. The maximum Gasteiger partial charge on any atom is 0.238 e. The number of carbonyl (C=O) groups is 2. The van der Waals surface area contributed by atoms with Crippen molar-refractivity contribution in [3.63, 3.8) is 0 Å². The van der Waals surface area contributed by atoms with Crippen molar-refractivity contribution in [2.24, 2.45) is 11.8 Å². The van der Waals surface area contributed by atoms with Crippen molar-refractivity contribution < 1.29 is 14.3 Å². The highest BCUT2D eigenvalue weighted by Crippen LogP contribution is 2.53. The van der Waals surface area contributed by atoms with Gasteiger partial charge in [0.1, 0.15) is 11.5 Å². The maximum absolute atomic E-state index is 13.2. The van der Waals surface area contributed by atoms with Crippen molar-refractivity contribution in [2.45, 2.75) is 19.3 Å². The molecule has 5 rings (SSSR count). The SMILES string of the molecule is Cc1ccc(N2C(=O)C3CC=C4Oc5ccccc5C4C3C2=O)cc1. The van der Waals surface area contributed by atoms with Crippen molar-refractivity contribution in [3.05, 3.63) is 71.5 Å². The largest absolute Gasteiger partial charge is 0.461 e. The molecule has 0 N–H and O–H groups in total. The van der Waals surface area contributed by atoms with E-state index in [1.807, 2.05) is 61.5 Å². The van der Waals surface area contributed by atoms with E-state index in [0.717, 1.165) is 22.6 Å². The van der Waals surface area contributed by atoms with Gasteiger partial charge in [0, 0.05) is 5.56 Å². The minimum Gasteiger partial charge on any atom is -0.461 e. The number of fused-ring (bicyclic) bond motifs is 5. The standard InChI is InChI=1S/C21H17NO3/c1-12-6-8-13(9-7-12)22-20(23)15-10-11-17-18(19(15)21(22)24)14-4-2-3-5-16(14)25-17/h2-9,11,15,18-19H,10H2,1H3. The second-order valence-corrected chi connectivity index (χ2v) is 6.94. The van der Waals surface area contributed by atoms with E-state index in [2.05, 4.69) is 0 Å². The Bertz CT molecular complexity index is 928. The van der Waals surface area contributed by atoms with Gasteiger partial charge in [-0.2, -0.15) is 0 Å². The van der Waals surface area contributed by atoms with Gasteiger partial charge >= 0.3 is 0 Å². The fraction of sp³-hybridized carbons (Fsp3) is 0.238. The Hall–Kier alpha value is -2.88. The van der Waals surface area contributed by atoms with Crippen LogP contribution in [0.1, 0.15) is 23.5 Å². The molecule has 3 unspecified atom stereocenters. The quantitative estimate of drug-likeness (QED) is 0.751. The van der Waals surface area contributed by atoms with Gasteiger partial charge in [0.25, 0.3) is 0 Å². The van der Waals surface area contributed by atoms with Crippen LogP contribution in [-0.2, 0) is 9.59 Å². The first-order chi connectivity index (χ1) is 12.1. The topological polar surface area (TPSA) is 46.6 Å². The van der Waals surface area contributed by atoms with E-state index >= 15 is 0 Å². The number of carbonyl (C=O) groups excluding carboxylic acids is 2. The number of hydrogen-bond donors (Lipinski definition) is 0. The lowest BCUT2D eigenvalue weighted by molar-refractivity contribution is -0.122. The Morgan fingerprint density at radius 1 is 1.00 bits per heavy atom. The van der Waals surface area contributed by atoms with E-state index in [1.54, 1.807) is 0 Å². The second-order valence-electron chi connectivity index (χ2n) is 6.94. The Labute approximate surface area is 145 Å². The number of para-hydroxylation sites is 1. The molecule has 2 aromatic carbocycles.